The third kappa shape index (κ3) is 3.72. The molecule has 0 spiro atoms. The molecule has 2 amide bonds. The monoisotopic (exact) mass is 542 g/mol. The van der Waals surface area contributed by atoms with Gasteiger partial charge in [0.1, 0.15) is 0 Å². The molecule has 4 aliphatic rings. The number of thiazole rings is 1. The number of hydrogen-bond donors (Lipinski definition) is 1. The zero-order valence-electron chi connectivity index (χ0n) is 16.7. The van der Waals surface area contributed by atoms with Gasteiger partial charge in [-0.05, 0) is 24.7 Å². The Balaban J connectivity index is 0.00000218. The van der Waals surface area contributed by atoms with Gasteiger partial charge in [-0.15, -0.1) is 35.3 Å². The number of nitrogens with zero attached hydrogens (tertiary/aromatic N) is 5. The van der Waals surface area contributed by atoms with Gasteiger partial charge in [-0.1, -0.05) is 12.2 Å². The number of carbonyl (C=O) groups excluding carboxylic acids is 2. The number of aliphatic imine (C=N–C) groups is 1. The highest BCUT2D eigenvalue weighted by Gasteiger charge is 2.58. The van der Waals surface area contributed by atoms with Crippen molar-refractivity contribution in [3.8, 4) is 0 Å². The first-order valence-electron chi connectivity index (χ1n) is 10.4. The number of anilines is 1. The fourth-order valence-electron chi connectivity index (χ4n) is 5.21. The van der Waals surface area contributed by atoms with Crippen molar-refractivity contribution in [3.63, 3.8) is 0 Å². The third-order valence-electron chi connectivity index (χ3n) is 6.67. The maximum Gasteiger partial charge on any atom is 0.233 e. The topological polar surface area (TPSA) is 95.1 Å². The van der Waals surface area contributed by atoms with Crippen LogP contribution in [0.4, 0.5) is 5.13 Å². The number of nitrogens with two attached hydrogens (primary N) is 1. The van der Waals surface area contributed by atoms with E-state index >= 15 is 0 Å². The zero-order valence-corrected chi connectivity index (χ0v) is 19.9. The number of halogens is 1. The summed E-state index contributed by atoms with van der Waals surface area (Å²) in [6.45, 7) is 4.35. The molecule has 5 rings (SSSR count). The second kappa shape index (κ2) is 8.81. The summed E-state index contributed by atoms with van der Waals surface area (Å²) in [6.07, 6.45) is 7.70. The van der Waals surface area contributed by atoms with E-state index in [2.05, 4.69) is 31.9 Å². The van der Waals surface area contributed by atoms with Gasteiger partial charge in [-0.2, -0.15) is 0 Å². The number of imide groups is 1. The molecule has 3 fully saturated rings. The Morgan fingerprint density at radius 2 is 1.80 bits per heavy atom. The minimum absolute atomic E-state index is 0. The Hall–Kier alpha value is -1.69. The molecule has 1 aromatic rings. The first-order chi connectivity index (χ1) is 14.1. The molecule has 2 bridgehead atoms. The predicted molar refractivity (Wildman–Crippen MR) is 127 cm³/mol. The van der Waals surface area contributed by atoms with Crippen LogP contribution in [-0.2, 0) is 9.59 Å². The van der Waals surface area contributed by atoms with Crippen LogP contribution in [0.15, 0.2) is 28.7 Å². The molecule has 4 unspecified atom stereocenters. The third-order valence-corrected chi connectivity index (χ3v) is 7.50. The molecule has 162 valence electrons. The number of rotatable bonds is 5. The molecule has 0 aromatic carbocycles. The van der Waals surface area contributed by atoms with E-state index in [1.54, 1.807) is 11.3 Å². The van der Waals surface area contributed by atoms with Gasteiger partial charge in [0.05, 0.1) is 11.8 Å². The molecule has 2 saturated heterocycles. The Labute approximate surface area is 197 Å². The van der Waals surface area contributed by atoms with E-state index in [9.17, 15) is 9.59 Å². The average Bonchev–Trinajstić information content (AvgIpc) is 3.52. The number of likely N-dealkylation sites (tertiary alicyclic amines) is 1. The van der Waals surface area contributed by atoms with E-state index in [1.807, 2.05) is 11.6 Å². The van der Waals surface area contributed by atoms with E-state index in [0.29, 0.717) is 25.5 Å². The Kier molecular flexibility index (Phi) is 6.33. The van der Waals surface area contributed by atoms with E-state index < -0.39 is 0 Å². The van der Waals surface area contributed by atoms with Crippen LogP contribution in [0.2, 0.25) is 0 Å². The molecule has 1 saturated carbocycles. The van der Waals surface area contributed by atoms with Crippen molar-refractivity contribution in [2.24, 2.45) is 34.4 Å². The van der Waals surface area contributed by atoms with Gasteiger partial charge in [-0.3, -0.25) is 19.5 Å². The fraction of sp³-hybridized carbons (Fsp3) is 0.600. The van der Waals surface area contributed by atoms with Crippen molar-refractivity contribution in [1.29, 1.82) is 0 Å². The molecule has 4 atom stereocenters. The van der Waals surface area contributed by atoms with Crippen molar-refractivity contribution < 1.29 is 9.59 Å². The number of amides is 2. The summed E-state index contributed by atoms with van der Waals surface area (Å²) >= 11 is 1.65. The van der Waals surface area contributed by atoms with Gasteiger partial charge in [0.25, 0.3) is 0 Å². The molecule has 2 aliphatic heterocycles. The van der Waals surface area contributed by atoms with E-state index in [0.717, 1.165) is 37.7 Å². The second-order valence-electron chi connectivity index (χ2n) is 8.21. The van der Waals surface area contributed by atoms with Gasteiger partial charge >= 0.3 is 0 Å². The van der Waals surface area contributed by atoms with Crippen LogP contribution in [0.5, 0.6) is 0 Å². The summed E-state index contributed by atoms with van der Waals surface area (Å²) in [5.41, 5.74) is 6.17. The smallest absolute Gasteiger partial charge is 0.233 e. The molecule has 10 heteroatoms. The summed E-state index contributed by atoms with van der Waals surface area (Å²) < 4.78 is 0. The fourth-order valence-corrected chi connectivity index (χ4v) is 5.90. The number of aromatic nitrogens is 1. The van der Waals surface area contributed by atoms with Crippen LogP contribution < -0.4 is 10.6 Å². The van der Waals surface area contributed by atoms with E-state index in [4.69, 9.17) is 5.73 Å². The van der Waals surface area contributed by atoms with E-state index in [-0.39, 0.29) is 59.5 Å². The lowest BCUT2D eigenvalue weighted by molar-refractivity contribution is -0.140. The number of allylic oxidation sites excluding steroid dienone is 2. The summed E-state index contributed by atoms with van der Waals surface area (Å²) in [5, 5.41) is 3.04. The molecular weight excluding hydrogens is 515 g/mol. The number of guanidine groups is 1. The molecular formula is C20H27IN6O2S. The normalized spacial score (nSPS) is 30.3. The lowest BCUT2D eigenvalue weighted by atomic mass is 9.85. The maximum atomic E-state index is 12.7. The number of fused-ring (bicyclic) bond motifs is 5. The highest BCUT2D eigenvalue weighted by atomic mass is 127. The summed E-state index contributed by atoms with van der Waals surface area (Å²) in [7, 11) is 0. The van der Waals surface area contributed by atoms with Crippen LogP contribution in [0.3, 0.4) is 0 Å². The van der Waals surface area contributed by atoms with Crippen molar-refractivity contribution in [2.45, 2.75) is 12.8 Å². The van der Waals surface area contributed by atoms with Crippen LogP contribution in [-0.4, -0.2) is 71.8 Å². The van der Waals surface area contributed by atoms with E-state index in [1.165, 1.54) is 4.90 Å². The first-order valence-corrected chi connectivity index (χ1v) is 11.2. The summed E-state index contributed by atoms with van der Waals surface area (Å²) in [4.78, 5) is 40.0. The lowest BCUT2D eigenvalue weighted by Crippen LogP contribution is -2.51. The van der Waals surface area contributed by atoms with Crippen LogP contribution in [0, 0.1) is 23.7 Å². The van der Waals surface area contributed by atoms with Crippen molar-refractivity contribution >= 4 is 58.2 Å². The van der Waals surface area contributed by atoms with Crippen molar-refractivity contribution in [3.05, 3.63) is 23.7 Å². The number of hydrogen-bond acceptors (Lipinski definition) is 6. The quantitative estimate of drug-likeness (QED) is 0.151. The maximum absolute atomic E-state index is 12.7. The van der Waals surface area contributed by atoms with Gasteiger partial charge in [0, 0.05) is 50.8 Å². The minimum Gasteiger partial charge on any atom is -0.370 e. The second-order valence-corrected chi connectivity index (χ2v) is 9.08. The van der Waals surface area contributed by atoms with Gasteiger partial charge in [-0.25, -0.2) is 4.98 Å². The van der Waals surface area contributed by atoms with Crippen molar-refractivity contribution in [1.82, 2.24) is 14.8 Å². The molecule has 8 nitrogen and oxygen atoms in total. The summed E-state index contributed by atoms with van der Waals surface area (Å²) in [5.74, 6) is 0.896. The molecule has 1 aromatic heterocycles. The van der Waals surface area contributed by atoms with Crippen LogP contribution in [0.1, 0.15) is 12.8 Å². The molecule has 0 radical (unpaired) electrons. The average molecular weight is 542 g/mol. The highest BCUT2D eigenvalue weighted by molar-refractivity contribution is 14.0. The molecule has 3 heterocycles. The lowest BCUT2D eigenvalue weighted by Gasteiger charge is -2.35. The Morgan fingerprint density at radius 3 is 2.40 bits per heavy atom. The first kappa shape index (κ1) is 21.5. The van der Waals surface area contributed by atoms with Gasteiger partial charge in [0.15, 0.2) is 11.1 Å². The minimum atomic E-state index is -0.111. The molecule has 2 N–H and O–H groups in total. The molecule has 2 aliphatic carbocycles. The Bertz CT molecular complexity index is 821. The zero-order chi connectivity index (χ0) is 20.0. The standard InChI is InChI=1S/C20H26N6O2S.HI/c21-19(24-7-9-25(10-8-24)20-23-5-11-29-20)22-4-1-6-26-17(27)15-13-2-3-14(12-13)16(15)18(26)28;/h2-3,5,11,13-16H,1,4,6-10,12H2,(H2,21,22);1H. The SMILES string of the molecule is I.NC(=NCCCN1C(=O)C2C3C=CC(C3)C2C1=O)N1CCN(c2nccs2)CC1. The van der Waals surface area contributed by atoms with Crippen LogP contribution >= 0.6 is 35.3 Å². The Morgan fingerprint density at radius 1 is 1.13 bits per heavy atom. The van der Waals surface area contributed by atoms with Crippen molar-refractivity contribution in [2.75, 3.05) is 44.2 Å². The van der Waals surface area contributed by atoms with Gasteiger partial charge in [0.2, 0.25) is 11.8 Å². The predicted octanol–water partition coefficient (Wildman–Crippen LogP) is 1.40. The highest BCUT2D eigenvalue weighted by Crippen LogP contribution is 2.52. The largest absolute Gasteiger partial charge is 0.370 e. The summed E-state index contributed by atoms with van der Waals surface area (Å²) in [6, 6.07) is 0. The van der Waals surface area contributed by atoms with Crippen LogP contribution in [0.25, 0.3) is 0 Å². The van der Waals surface area contributed by atoms with Gasteiger partial charge < -0.3 is 15.5 Å². The number of piperazine rings is 1. The number of carbonyl (C=O) groups is 2. The molecule has 30 heavy (non-hydrogen) atoms.